The lowest BCUT2D eigenvalue weighted by atomic mass is 9.94. The summed E-state index contributed by atoms with van der Waals surface area (Å²) >= 11 is 19.0. The minimum absolute atomic E-state index is 0.119. The Morgan fingerprint density at radius 3 is 2.23 bits per heavy atom. The number of nitrogens with zero attached hydrogens (tertiary/aromatic N) is 1. The Labute approximate surface area is 251 Å². The molecule has 5 nitrogen and oxygen atoms in total. The Kier molecular flexibility index (Phi) is 11.6. The van der Waals surface area contributed by atoms with Gasteiger partial charge in [0.1, 0.15) is 11.8 Å². The third-order valence-corrected chi connectivity index (χ3v) is 8.19. The van der Waals surface area contributed by atoms with Crippen LogP contribution in [0, 0.1) is 0 Å². The summed E-state index contributed by atoms with van der Waals surface area (Å²) in [5.41, 5.74) is 1.60. The van der Waals surface area contributed by atoms with Gasteiger partial charge in [-0.15, -0.1) is 0 Å². The zero-order chi connectivity index (χ0) is 28.3. The number of hydrogen-bond acceptors (Lipinski definition) is 3. The van der Waals surface area contributed by atoms with E-state index in [9.17, 15) is 9.59 Å². The zero-order valence-electron chi connectivity index (χ0n) is 22.5. The van der Waals surface area contributed by atoms with E-state index in [4.69, 9.17) is 39.5 Å². The van der Waals surface area contributed by atoms with Gasteiger partial charge in [0.2, 0.25) is 11.8 Å². The molecular weight excluding hydrogens is 567 g/mol. The second-order valence-electron chi connectivity index (χ2n) is 10.2. The van der Waals surface area contributed by atoms with E-state index >= 15 is 0 Å². The molecule has 0 radical (unpaired) electrons. The molecule has 0 heterocycles. The van der Waals surface area contributed by atoms with Crippen molar-refractivity contribution in [2.24, 2.45) is 0 Å². The van der Waals surface area contributed by atoms with Crippen LogP contribution in [-0.2, 0) is 22.6 Å². The summed E-state index contributed by atoms with van der Waals surface area (Å²) < 4.78 is 5.80. The number of amides is 2. The number of carbonyl (C=O) groups is 2. The average molecular weight is 602 g/mol. The molecule has 0 unspecified atom stereocenters. The van der Waals surface area contributed by atoms with Crippen LogP contribution in [0.3, 0.4) is 0 Å². The van der Waals surface area contributed by atoms with Crippen molar-refractivity contribution in [3.8, 4) is 5.75 Å². The van der Waals surface area contributed by atoms with Gasteiger partial charge < -0.3 is 15.0 Å². The van der Waals surface area contributed by atoms with Crippen molar-refractivity contribution in [1.29, 1.82) is 0 Å². The Bertz CT molecular complexity index is 1230. The molecule has 8 heteroatoms. The van der Waals surface area contributed by atoms with Crippen LogP contribution >= 0.6 is 34.8 Å². The van der Waals surface area contributed by atoms with E-state index in [0.717, 1.165) is 31.2 Å². The summed E-state index contributed by atoms with van der Waals surface area (Å²) in [6.07, 6.45) is 6.36. The van der Waals surface area contributed by atoms with Crippen molar-refractivity contribution in [2.45, 2.75) is 70.0 Å². The molecule has 0 bridgehead atoms. The molecule has 0 aromatic heterocycles. The Balaban J connectivity index is 1.55. The maximum Gasteiger partial charge on any atom is 0.243 e. The van der Waals surface area contributed by atoms with Crippen LogP contribution in [0.5, 0.6) is 5.75 Å². The number of ether oxygens (including phenoxy) is 1. The van der Waals surface area contributed by atoms with Gasteiger partial charge in [-0.05, 0) is 61.2 Å². The summed E-state index contributed by atoms with van der Waals surface area (Å²) in [6.45, 7) is 0.483. The molecule has 3 aromatic rings. The molecular formula is C32H35Cl3N2O3. The van der Waals surface area contributed by atoms with Gasteiger partial charge in [0.05, 0.1) is 6.61 Å². The van der Waals surface area contributed by atoms with Gasteiger partial charge in [-0.2, -0.15) is 0 Å². The average Bonchev–Trinajstić information content (AvgIpc) is 2.96. The molecule has 1 aliphatic carbocycles. The van der Waals surface area contributed by atoms with Crippen molar-refractivity contribution >= 4 is 46.6 Å². The Morgan fingerprint density at radius 1 is 0.875 bits per heavy atom. The van der Waals surface area contributed by atoms with E-state index in [1.54, 1.807) is 47.4 Å². The number of hydrogen-bond donors (Lipinski definition) is 1. The normalized spacial score (nSPS) is 14.4. The van der Waals surface area contributed by atoms with Crippen LogP contribution in [-0.4, -0.2) is 35.4 Å². The number of halogens is 3. The third kappa shape index (κ3) is 8.89. The number of carbonyl (C=O) groups excluding carboxylic acids is 2. The summed E-state index contributed by atoms with van der Waals surface area (Å²) in [6, 6.07) is 21.5. The molecule has 2 amide bonds. The second kappa shape index (κ2) is 15.3. The van der Waals surface area contributed by atoms with Gasteiger partial charge in [0.15, 0.2) is 0 Å². The van der Waals surface area contributed by atoms with Crippen molar-refractivity contribution < 1.29 is 14.3 Å². The molecule has 212 valence electrons. The molecule has 4 rings (SSSR count). The van der Waals surface area contributed by atoms with Crippen LogP contribution in [0.2, 0.25) is 15.1 Å². The van der Waals surface area contributed by atoms with E-state index in [-0.39, 0.29) is 30.8 Å². The summed E-state index contributed by atoms with van der Waals surface area (Å²) in [7, 11) is 0. The third-order valence-electron chi connectivity index (χ3n) is 7.23. The predicted octanol–water partition coefficient (Wildman–Crippen LogP) is 7.89. The van der Waals surface area contributed by atoms with Gasteiger partial charge in [0, 0.05) is 46.1 Å². The predicted molar refractivity (Wildman–Crippen MR) is 162 cm³/mol. The molecule has 0 saturated heterocycles. The highest BCUT2D eigenvalue weighted by molar-refractivity contribution is 6.36. The van der Waals surface area contributed by atoms with E-state index < -0.39 is 6.04 Å². The van der Waals surface area contributed by atoms with Gasteiger partial charge in [-0.25, -0.2) is 0 Å². The monoisotopic (exact) mass is 600 g/mol. The van der Waals surface area contributed by atoms with Gasteiger partial charge in [-0.1, -0.05) is 90.5 Å². The fraction of sp³-hybridized carbons (Fsp3) is 0.375. The maximum absolute atomic E-state index is 13.9. The molecule has 1 saturated carbocycles. The largest absolute Gasteiger partial charge is 0.494 e. The second-order valence-corrected chi connectivity index (χ2v) is 11.4. The highest BCUT2D eigenvalue weighted by Gasteiger charge is 2.32. The van der Waals surface area contributed by atoms with Crippen LogP contribution in [0.15, 0.2) is 72.8 Å². The molecule has 1 aliphatic rings. The topological polar surface area (TPSA) is 58.6 Å². The Morgan fingerprint density at radius 2 is 1.55 bits per heavy atom. The van der Waals surface area contributed by atoms with E-state index in [2.05, 4.69) is 5.32 Å². The molecule has 3 aromatic carbocycles. The Hall–Kier alpha value is -2.73. The van der Waals surface area contributed by atoms with Gasteiger partial charge >= 0.3 is 0 Å². The van der Waals surface area contributed by atoms with Crippen LogP contribution in [0.1, 0.15) is 56.1 Å². The molecule has 0 aliphatic heterocycles. The molecule has 1 atom stereocenters. The number of nitrogens with one attached hydrogen (secondary N) is 1. The van der Waals surface area contributed by atoms with Crippen LogP contribution in [0.4, 0.5) is 0 Å². The quantitative estimate of drug-likeness (QED) is 0.215. The van der Waals surface area contributed by atoms with E-state index in [1.165, 1.54) is 6.42 Å². The molecule has 1 N–H and O–H groups in total. The molecule has 1 fully saturated rings. The van der Waals surface area contributed by atoms with Crippen molar-refractivity contribution in [1.82, 2.24) is 10.2 Å². The first-order valence-electron chi connectivity index (χ1n) is 13.9. The maximum atomic E-state index is 13.9. The minimum Gasteiger partial charge on any atom is -0.494 e. The summed E-state index contributed by atoms with van der Waals surface area (Å²) in [5.74, 6) is 0.380. The SMILES string of the molecule is O=C(NC1CCCCC1)[C@@H](Cc1ccccc1)N(Cc1c(Cl)cccc1Cl)C(=O)CCCOc1ccc(Cl)cc1. The first kappa shape index (κ1) is 30.2. The van der Waals surface area contributed by atoms with Crippen LogP contribution < -0.4 is 10.1 Å². The summed E-state index contributed by atoms with van der Waals surface area (Å²) in [4.78, 5) is 29.3. The van der Waals surface area contributed by atoms with Crippen molar-refractivity contribution in [3.63, 3.8) is 0 Å². The standard InChI is InChI=1S/C32H35Cl3N2O3/c33-24-16-18-26(19-17-24)40-20-8-15-31(38)37(22-27-28(34)13-7-14-29(27)35)30(21-23-9-3-1-4-10-23)32(39)36-25-11-5-2-6-12-25/h1,3-4,7,9-10,13-14,16-19,25,30H,2,5-6,8,11-12,15,20-22H2,(H,36,39)/t30-/m1/s1. The minimum atomic E-state index is -0.721. The van der Waals surface area contributed by atoms with Crippen molar-refractivity contribution in [2.75, 3.05) is 6.61 Å². The van der Waals surface area contributed by atoms with Crippen LogP contribution in [0.25, 0.3) is 0 Å². The highest BCUT2D eigenvalue weighted by Crippen LogP contribution is 2.28. The first-order chi connectivity index (χ1) is 19.4. The molecule has 40 heavy (non-hydrogen) atoms. The number of rotatable bonds is 12. The van der Waals surface area contributed by atoms with Gasteiger partial charge in [0.25, 0.3) is 0 Å². The highest BCUT2D eigenvalue weighted by atomic mass is 35.5. The molecule has 0 spiro atoms. The van der Waals surface area contributed by atoms with Gasteiger partial charge in [-0.3, -0.25) is 9.59 Å². The van der Waals surface area contributed by atoms with Crippen molar-refractivity contribution in [3.05, 3.63) is 99.0 Å². The van der Waals surface area contributed by atoms with E-state index in [0.29, 0.717) is 45.8 Å². The fourth-order valence-corrected chi connectivity index (χ4v) is 5.68. The first-order valence-corrected chi connectivity index (χ1v) is 15.0. The smallest absolute Gasteiger partial charge is 0.243 e. The zero-order valence-corrected chi connectivity index (χ0v) is 24.7. The lowest BCUT2D eigenvalue weighted by Gasteiger charge is -2.34. The number of benzene rings is 3. The summed E-state index contributed by atoms with van der Waals surface area (Å²) in [5, 5.41) is 4.80. The van der Waals surface area contributed by atoms with E-state index in [1.807, 2.05) is 30.3 Å². The lowest BCUT2D eigenvalue weighted by Crippen LogP contribution is -2.52. The lowest BCUT2D eigenvalue weighted by molar-refractivity contribution is -0.141. The fourth-order valence-electron chi connectivity index (χ4n) is 5.04.